The third-order valence-electron chi connectivity index (χ3n) is 3.54. The zero-order valence-corrected chi connectivity index (χ0v) is 9.84. The van der Waals surface area contributed by atoms with Crippen LogP contribution >= 0.6 is 0 Å². The summed E-state index contributed by atoms with van der Waals surface area (Å²) >= 11 is 0. The summed E-state index contributed by atoms with van der Waals surface area (Å²) in [5, 5.41) is 8.97. The van der Waals surface area contributed by atoms with Crippen molar-refractivity contribution in [1.82, 2.24) is 9.80 Å². The van der Waals surface area contributed by atoms with E-state index in [0.29, 0.717) is 32.6 Å². The summed E-state index contributed by atoms with van der Waals surface area (Å²) in [7, 11) is 0. The van der Waals surface area contributed by atoms with E-state index in [0.717, 1.165) is 12.8 Å². The lowest BCUT2D eigenvalue weighted by molar-refractivity contribution is -0.143. The summed E-state index contributed by atoms with van der Waals surface area (Å²) < 4.78 is 0. The Morgan fingerprint density at radius 2 is 1.82 bits per heavy atom. The average molecular weight is 241 g/mol. The van der Waals surface area contributed by atoms with Gasteiger partial charge in [0.2, 0.25) is 0 Å². The number of carboxylic acids is 1. The third kappa shape index (κ3) is 2.69. The van der Waals surface area contributed by atoms with Crippen LogP contribution in [-0.2, 0) is 4.79 Å². The maximum atomic E-state index is 12.1. The summed E-state index contributed by atoms with van der Waals surface area (Å²) in [6.45, 7) is 2.27. The summed E-state index contributed by atoms with van der Waals surface area (Å²) in [6.07, 6.45) is 2.27. The van der Waals surface area contributed by atoms with Gasteiger partial charge >= 0.3 is 12.0 Å². The number of hydrogen-bond donors (Lipinski definition) is 2. The van der Waals surface area contributed by atoms with Crippen molar-refractivity contribution in [3.05, 3.63) is 0 Å². The second-order valence-corrected chi connectivity index (χ2v) is 4.90. The van der Waals surface area contributed by atoms with Crippen molar-refractivity contribution in [1.29, 1.82) is 0 Å². The number of nitrogens with two attached hydrogens (primary N) is 1. The van der Waals surface area contributed by atoms with Crippen LogP contribution in [0.3, 0.4) is 0 Å². The molecule has 2 amide bonds. The van der Waals surface area contributed by atoms with Gasteiger partial charge in [-0.1, -0.05) is 0 Å². The molecule has 0 bridgehead atoms. The third-order valence-corrected chi connectivity index (χ3v) is 3.54. The minimum atomic E-state index is -0.805. The first-order chi connectivity index (χ1) is 8.08. The lowest BCUT2D eigenvalue weighted by Gasteiger charge is -2.33. The number of carboxylic acid groups (broad SMARTS) is 1. The lowest BCUT2D eigenvalue weighted by atomic mass is 9.99. The standard InChI is InChI=1S/C11H19N3O3/c12-9-3-5-14(7-9)11(17)13-4-1-2-8(6-13)10(15)16/h8-9H,1-7,12H2,(H,15,16)/t8-,9?/m1/s1. The Balaban J connectivity index is 1.93. The van der Waals surface area contributed by atoms with Gasteiger partial charge in [0.1, 0.15) is 0 Å². The molecular formula is C11H19N3O3. The molecule has 1 unspecified atom stereocenters. The zero-order valence-electron chi connectivity index (χ0n) is 9.84. The molecule has 2 heterocycles. The predicted molar refractivity (Wildman–Crippen MR) is 61.5 cm³/mol. The van der Waals surface area contributed by atoms with Gasteiger partial charge in [0.15, 0.2) is 0 Å². The van der Waals surface area contributed by atoms with E-state index in [1.807, 2.05) is 0 Å². The van der Waals surface area contributed by atoms with Crippen LogP contribution in [-0.4, -0.2) is 59.1 Å². The van der Waals surface area contributed by atoms with Crippen LogP contribution in [0.5, 0.6) is 0 Å². The molecule has 0 aromatic carbocycles. The van der Waals surface area contributed by atoms with Gasteiger partial charge in [0.25, 0.3) is 0 Å². The molecule has 2 aliphatic heterocycles. The lowest BCUT2D eigenvalue weighted by Crippen LogP contribution is -2.48. The number of carbonyl (C=O) groups excluding carboxylic acids is 1. The molecule has 0 aromatic heterocycles. The number of nitrogens with zero attached hydrogens (tertiary/aromatic N) is 2. The van der Waals surface area contributed by atoms with Crippen LogP contribution in [0.1, 0.15) is 19.3 Å². The van der Waals surface area contributed by atoms with Crippen molar-refractivity contribution in [2.75, 3.05) is 26.2 Å². The Morgan fingerprint density at radius 3 is 2.41 bits per heavy atom. The van der Waals surface area contributed by atoms with Crippen LogP contribution in [0.4, 0.5) is 4.79 Å². The largest absolute Gasteiger partial charge is 0.481 e. The Morgan fingerprint density at radius 1 is 1.12 bits per heavy atom. The Kier molecular flexibility index (Phi) is 3.51. The number of amides is 2. The van der Waals surface area contributed by atoms with E-state index in [4.69, 9.17) is 10.8 Å². The zero-order chi connectivity index (χ0) is 12.4. The summed E-state index contributed by atoms with van der Waals surface area (Å²) in [6, 6.07) is 0.0166. The fourth-order valence-electron chi connectivity index (χ4n) is 2.51. The first-order valence-electron chi connectivity index (χ1n) is 6.10. The Bertz CT molecular complexity index is 321. The van der Waals surface area contributed by atoms with Crippen molar-refractivity contribution >= 4 is 12.0 Å². The summed E-state index contributed by atoms with van der Waals surface area (Å²) in [4.78, 5) is 26.4. The highest BCUT2D eigenvalue weighted by Crippen LogP contribution is 2.19. The van der Waals surface area contributed by atoms with Crippen LogP contribution in [0.15, 0.2) is 0 Å². The van der Waals surface area contributed by atoms with Gasteiger partial charge in [-0.05, 0) is 19.3 Å². The Labute approximate surface area is 100 Å². The second kappa shape index (κ2) is 4.91. The molecule has 0 saturated carbocycles. The van der Waals surface area contributed by atoms with E-state index in [1.165, 1.54) is 0 Å². The highest BCUT2D eigenvalue weighted by molar-refractivity contribution is 5.77. The van der Waals surface area contributed by atoms with E-state index < -0.39 is 11.9 Å². The van der Waals surface area contributed by atoms with Crippen LogP contribution < -0.4 is 5.73 Å². The van der Waals surface area contributed by atoms with Gasteiger partial charge < -0.3 is 20.6 Å². The molecule has 2 rings (SSSR count). The SMILES string of the molecule is NC1CCN(C(=O)N2CCC[C@@H](C(=O)O)C2)C1. The van der Waals surface area contributed by atoms with Crippen LogP contribution in [0.25, 0.3) is 0 Å². The first kappa shape index (κ1) is 12.2. The molecule has 6 nitrogen and oxygen atoms in total. The highest BCUT2D eigenvalue weighted by Gasteiger charge is 2.32. The number of aliphatic carboxylic acids is 1. The van der Waals surface area contributed by atoms with Crippen molar-refractivity contribution in [3.63, 3.8) is 0 Å². The molecule has 2 fully saturated rings. The normalized spacial score (nSPS) is 29.5. The number of piperidine rings is 1. The van der Waals surface area contributed by atoms with E-state index in [1.54, 1.807) is 9.80 Å². The Hall–Kier alpha value is -1.30. The summed E-state index contributed by atoms with van der Waals surface area (Å²) in [5.74, 6) is -1.22. The fourth-order valence-corrected chi connectivity index (χ4v) is 2.51. The van der Waals surface area contributed by atoms with Crippen molar-refractivity contribution in [3.8, 4) is 0 Å². The molecule has 0 aromatic rings. The number of carbonyl (C=O) groups is 2. The molecule has 0 spiro atoms. The van der Waals surface area contributed by atoms with E-state index >= 15 is 0 Å². The number of likely N-dealkylation sites (tertiary alicyclic amines) is 2. The van der Waals surface area contributed by atoms with Gasteiger partial charge in [0.05, 0.1) is 5.92 Å². The maximum absolute atomic E-state index is 12.1. The summed E-state index contributed by atoms with van der Waals surface area (Å²) in [5.41, 5.74) is 5.76. The van der Waals surface area contributed by atoms with Crippen LogP contribution in [0, 0.1) is 5.92 Å². The van der Waals surface area contributed by atoms with Crippen molar-refractivity contribution < 1.29 is 14.7 Å². The molecule has 2 aliphatic rings. The number of hydrogen-bond acceptors (Lipinski definition) is 3. The molecule has 0 aliphatic carbocycles. The smallest absolute Gasteiger partial charge is 0.320 e. The van der Waals surface area contributed by atoms with Crippen LogP contribution in [0.2, 0.25) is 0 Å². The van der Waals surface area contributed by atoms with E-state index in [2.05, 4.69) is 0 Å². The molecule has 6 heteroatoms. The van der Waals surface area contributed by atoms with Gasteiger partial charge in [-0.25, -0.2) is 4.79 Å². The van der Waals surface area contributed by atoms with E-state index in [9.17, 15) is 9.59 Å². The fraction of sp³-hybridized carbons (Fsp3) is 0.818. The monoisotopic (exact) mass is 241 g/mol. The minimum absolute atomic E-state index is 0.0519. The molecule has 2 atom stereocenters. The van der Waals surface area contributed by atoms with Crippen molar-refractivity contribution in [2.45, 2.75) is 25.3 Å². The predicted octanol–water partition coefficient (Wildman–Crippen LogP) is -0.0640. The molecule has 2 saturated heterocycles. The van der Waals surface area contributed by atoms with Gasteiger partial charge in [0, 0.05) is 32.2 Å². The molecule has 0 radical (unpaired) electrons. The average Bonchev–Trinajstić information content (AvgIpc) is 2.75. The minimum Gasteiger partial charge on any atom is -0.481 e. The second-order valence-electron chi connectivity index (χ2n) is 4.90. The van der Waals surface area contributed by atoms with Gasteiger partial charge in [-0.3, -0.25) is 4.79 Å². The topological polar surface area (TPSA) is 86.9 Å². The molecular weight excluding hydrogens is 222 g/mol. The number of rotatable bonds is 1. The molecule has 96 valence electrons. The number of urea groups is 1. The van der Waals surface area contributed by atoms with Crippen molar-refractivity contribution in [2.24, 2.45) is 11.7 Å². The van der Waals surface area contributed by atoms with Gasteiger partial charge in [-0.15, -0.1) is 0 Å². The quantitative estimate of drug-likeness (QED) is 0.673. The first-order valence-corrected chi connectivity index (χ1v) is 6.10. The maximum Gasteiger partial charge on any atom is 0.320 e. The molecule has 3 N–H and O–H groups in total. The van der Waals surface area contributed by atoms with E-state index in [-0.39, 0.29) is 12.1 Å². The molecule has 17 heavy (non-hydrogen) atoms. The highest BCUT2D eigenvalue weighted by atomic mass is 16.4. The van der Waals surface area contributed by atoms with Gasteiger partial charge in [-0.2, -0.15) is 0 Å².